The molecule has 0 aliphatic heterocycles. The lowest BCUT2D eigenvalue weighted by molar-refractivity contribution is 0.509. The van der Waals surface area contributed by atoms with Gasteiger partial charge in [-0.3, -0.25) is 4.79 Å². The van der Waals surface area contributed by atoms with Crippen LogP contribution in [0.1, 0.15) is 20.3 Å². The first-order chi connectivity index (χ1) is 8.15. The molecule has 1 aromatic rings. The Kier molecular flexibility index (Phi) is 6.11. The smallest absolute Gasteiger partial charge is 0.293 e. The highest BCUT2D eigenvalue weighted by atomic mass is 32.2. The van der Waals surface area contributed by atoms with E-state index in [4.69, 9.17) is 0 Å². The number of aromatic nitrogens is 2. The number of thioether (sulfide) groups is 1. The third kappa shape index (κ3) is 4.81. The van der Waals surface area contributed by atoms with Gasteiger partial charge in [-0.05, 0) is 24.3 Å². The summed E-state index contributed by atoms with van der Waals surface area (Å²) in [5.74, 6) is 2.02. The Bertz CT molecular complexity index is 390. The molecule has 0 radical (unpaired) electrons. The Morgan fingerprint density at radius 2 is 2.29 bits per heavy atom. The van der Waals surface area contributed by atoms with Crippen molar-refractivity contribution in [1.29, 1.82) is 0 Å². The van der Waals surface area contributed by atoms with Crippen molar-refractivity contribution in [2.75, 3.05) is 23.9 Å². The first kappa shape index (κ1) is 14.1. The van der Waals surface area contributed by atoms with Gasteiger partial charge in [-0.25, -0.2) is 4.98 Å². The number of hydrogen-bond donors (Lipinski definition) is 1. The summed E-state index contributed by atoms with van der Waals surface area (Å²) in [5, 5.41) is 3.10. The average molecular weight is 255 g/mol. The van der Waals surface area contributed by atoms with Gasteiger partial charge < -0.3 is 9.88 Å². The van der Waals surface area contributed by atoms with E-state index < -0.39 is 0 Å². The second-order valence-electron chi connectivity index (χ2n) is 4.40. The van der Waals surface area contributed by atoms with Crippen LogP contribution in [0.15, 0.2) is 17.2 Å². The zero-order valence-corrected chi connectivity index (χ0v) is 11.6. The van der Waals surface area contributed by atoms with Gasteiger partial charge in [-0.2, -0.15) is 11.8 Å². The molecule has 0 aromatic carbocycles. The fourth-order valence-corrected chi connectivity index (χ4v) is 1.96. The number of nitrogens with zero attached hydrogens (tertiary/aromatic N) is 2. The number of nitrogens with one attached hydrogen (secondary N) is 1. The minimum absolute atomic E-state index is 0.0228. The quantitative estimate of drug-likeness (QED) is 0.758. The van der Waals surface area contributed by atoms with Gasteiger partial charge >= 0.3 is 0 Å². The predicted octanol–water partition coefficient (Wildman–Crippen LogP) is 2.06. The van der Waals surface area contributed by atoms with Crippen molar-refractivity contribution in [3.8, 4) is 0 Å². The average Bonchev–Trinajstić information content (AvgIpc) is 2.28. The molecule has 0 unspecified atom stereocenters. The lowest BCUT2D eigenvalue weighted by Gasteiger charge is -2.10. The van der Waals surface area contributed by atoms with Crippen molar-refractivity contribution in [3.63, 3.8) is 0 Å². The Morgan fingerprint density at radius 3 is 2.94 bits per heavy atom. The van der Waals surface area contributed by atoms with Crippen molar-refractivity contribution in [2.45, 2.75) is 26.8 Å². The van der Waals surface area contributed by atoms with E-state index in [1.807, 2.05) is 11.8 Å². The molecule has 0 aliphatic rings. The largest absolute Gasteiger partial charge is 0.365 e. The first-order valence-electron chi connectivity index (χ1n) is 5.93. The van der Waals surface area contributed by atoms with E-state index in [0.29, 0.717) is 11.7 Å². The zero-order chi connectivity index (χ0) is 12.7. The standard InChI is InChI=1S/C12H21N3OS/c1-10(2)9-15-7-6-14-11(12(15)16)13-5-4-8-17-3/h6-7,10H,4-5,8-9H2,1-3H3,(H,13,14). The van der Waals surface area contributed by atoms with Crippen LogP contribution < -0.4 is 10.9 Å². The summed E-state index contributed by atoms with van der Waals surface area (Å²) >= 11 is 1.81. The molecule has 17 heavy (non-hydrogen) atoms. The van der Waals surface area contributed by atoms with Crippen LogP contribution in [0, 0.1) is 5.92 Å². The molecule has 0 amide bonds. The van der Waals surface area contributed by atoms with Gasteiger partial charge in [0.25, 0.3) is 5.56 Å². The van der Waals surface area contributed by atoms with Crippen molar-refractivity contribution in [3.05, 3.63) is 22.7 Å². The van der Waals surface area contributed by atoms with Gasteiger partial charge in [0, 0.05) is 25.5 Å². The van der Waals surface area contributed by atoms with Crippen molar-refractivity contribution in [2.24, 2.45) is 5.92 Å². The molecule has 1 aromatic heterocycles. The first-order valence-corrected chi connectivity index (χ1v) is 7.32. The molecule has 0 aliphatic carbocycles. The maximum atomic E-state index is 12.0. The molecule has 0 spiro atoms. The van der Waals surface area contributed by atoms with Crippen LogP contribution in [0.3, 0.4) is 0 Å². The normalized spacial score (nSPS) is 10.8. The molecule has 1 heterocycles. The van der Waals surface area contributed by atoms with Gasteiger partial charge in [0.05, 0.1) is 0 Å². The van der Waals surface area contributed by atoms with E-state index >= 15 is 0 Å². The van der Waals surface area contributed by atoms with Crippen LogP contribution >= 0.6 is 11.8 Å². The van der Waals surface area contributed by atoms with Crippen LogP contribution in [0.2, 0.25) is 0 Å². The maximum Gasteiger partial charge on any atom is 0.293 e. The molecule has 0 fully saturated rings. The molecule has 4 nitrogen and oxygen atoms in total. The zero-order valence-electron chi connectivity index (χ0n) is 10.8. The van der Waals surface area contributed by atoms with Crippen LogP contribution in [-0.4, -0.2) is 28.1 Å². The Hall–Kier alpha value is -0.970. The second kappa shape index (κ2) is 7.37. The molecule has 1 N–H and O–H groups in total. The summed E-state index contributed by atoms with van der Waals surface area (Å²) in [5.41, 5.74) is -0.0228. The monoisotopic (exact) mass is 255 g/mol. The summed E-state index contributed by atoms with van der Waals surface area (Å²) in [6.45, 7) is 5.73. The van der Waals surface area contributed by atoms with Crippen LogP contribution in [0.4, 0.5) is 5.82 Å². The number of anilines is 1. The Balaban J connectivity index is 2.63. The summed E-state index contributed by atoms with van der Waals surface area (Å²) in [7, 11) is 0. The highest BCUT2D eigenvalue weighted by molar-refractivity contribution is 7.98. The number of hydrogen-bond acceptors (Lipinski definition) is 4. The fraction of sp³-hybridized carbons (Fsp3) is 0.667. The van der Waals surface area contributed by atoms with Crippen molar-refractivity contribution < 1.29 is 0 Å². The van der Waals surface area contributed by atoms with E-state index in [2.05, 4.69) is 30.4 Å². The Morgan fingerprint density at radius 1 is 1.53 bits per heavy atom. The SMILES string of the molecule is CSCCCNc1nccn(CC(C)C)c1=O. The summed E-state index contributed by atoms with van der Waals surface area (Å²) < 4.78 is 1.72. The van der Waals surface area contributed by atoms with E-state index in [0.717, 1.165) is 25.3 Å². The second-order valence-corrected chi connectivity index (χ2v) is 5.39. The van der Waals surface area contributed by atoms with Crippen LogP contribution in [0.25, 0.3) is 0 Å². The van der Waals surface area contributed by atoms with Gasteiger partial charge in [-0.15, -0.1) is 0 Å². The van der Waals surface area contributed by atoms with Crippen LogP contribution in [0.5, 0.6) is 0 Å². The van der Waals surface area contributed by atoms with Gasteiger partial charge in [0.2, 0.25) is 0 Å². The van der Waals surface area contributed by atoms with Gasteiger partial charge in [-0.1, -0.05) is 13.8 Å². The van der Waals surface area contributed by atoms with E-state index in [9.17, 15) is 4.79 Å². The predicted molar refractivity (Wildman–Crippen MR) is 74.8 cm³/mol. The Labute approximate surface area is 107 Å². The third-order valence-corrected chi connectivity index (χ3v) is 2.99. The summed E-state index contributed by atoms with van der Waals surface area (Å²) in [6.07, 6.45) is 6.55. The highest BCUT2D eigenvalue weighted by Crippen LogP contribution is 2.00. The third-order valence-electron chi connectivity index (χ3n) is 2.29. The van der Waals surface area contributed by atoms with Gasteiger partial charge in [0.15, 0.2) is 5.82 Å². The summed E-state index contributed by atoms with van der Waals surface area (Å²) in [4.78, 5) is 16.1. The molecule has 0 saturated heterocycles. The fourth-order valence-electron chi connectivity index (χ4n) is 1.53. The minimum Gasteiger partial charge on any atom is -0.365 e. The number of rotatable bonds is 7. The van der Waals surface area contributed by atoms with E-state index in [-0.39, 0.29) is 5.56 Å². The van der Waals surface area contributed by atoms with Crippen molar-refractivity contribution in [1.82, 2.24) is 9.55 Å². The molecule has 5 heteroatoms. The summed E-state index contributed by atoms with van der Waals surface area (Å²) in [6, 6.07) is 0. The van der Waals surface area contributed by atoms with Crippen LogP contribution in [-0.2, 0) is 6.54 Å². The van der Waals surface area contributed by atoms with Gasteiger partial charge in [0.1, 0.15) is 0 Å². The molecule has 0 atom stereocenters. The molecule has 1 rings (SSSR count). The molecule has 0 saturated carbocycles. The minimum atomic E-state index is -0.0228. The lowest BCUT2D eigenvalue weighted by Crippen LogP contribution is -2.26. The van der Waals surface area contributed by atoms with E-state index in [1.165, 1.54) is 0 Å². The van der Waals surface area contributed by atoms with E-state index in [1.54, 1.807) is 17.0 Å². The molecule has 96 valence electrons. The maximum absolute atomic E-state index is 12.0. The highest BCUT2D eigenvalue weighted by Gasteiger charge is 2.05. The topological polar surface area (TPSA) is 46.9 Å². The molecular formula is C12H21N3OS. The molecule has 0 bridgehead atoms. The lowest BCUT2D eigenvalue weighted by atomic mass is 10.2. The van der Waals surface area contributed by atoms with Crippen molar-refractivity contribution >= 4 is 17.6 Å². The molecular weight excluding hydrogens is 234 g/mol.